The summed E-state index contributed by atoms with van der Waals surface area (Å²) in [6, 6.07) is 8.00. The van der Waals surface area contributed by atoms with Crippen molar-refractivity contribution in [3.8, 4) is 6.07 Å². The molecule has 0 amide bonds. The number of rotatable bonds is 2. The van der Waals surface area contributed by atoms with Gasteiger partial charge in [0.2, 0.25) is 0 Å². The minimum Gasteiger partial charge on any atom is -0.381 e. The molecular formula is C11H11ClN2. The summed E-state index contributed by atoms with van der Waals surface area (Å²) < 4.78 is 0. The standard InChI is InChI=1S/C11H11ClN2/c12-9-5-4-8(7-13)11(6-9)14-10-2-1-3-10/h4-6,10,14H,1-3H2. The van der Waals surface area contributed by atoms with Crippen molar-refractivity contribution in [3.05, 3.63) is 28.8 Å². The second kappa shape index (κ2) is 3.89. The SMILES string of the molecule is N#Cc1ccc(Cl)cc1NC1CCC1. The molecule has 14 heavy (non-hydrogen) atoms. The summed E-state index contributed by atoms with van der Waals surface area (Å²) >= 11 is 5.87. The quantitative estimate of drug-likeness (QED) is 0.807. The third kappa shape index (κ3) is 1.83. The maximum atomic E-state index is 8.88. The van der Waals surface area contributed by atoms with E-state index in [2.05, 4.69) is 11.4 Å². The molecule has 0 atom stereocenters. The Morgan fingerprint density at radius 1 is 1.43 bits per heavy atom. The Morgan fingerprint density at radius 2 is 2.21 bits per heavy atom. The molecule has 1 aromatic carbocycles. The van der Waals surface area contributed by atoms with Crippen LogP contribution in [0.5, 0.6) is 0 Å². The third-order valence-corrected chi connectivity index (χ3v) is 2.80. The lowest BCUT2D eigenvalue weighted by atomic mass is 9.92. The van der Waals surface area contributed by atoms with Crippen molar-refractivity contribution in [2.24, 2.45) is 0 Å². The molecule has 0 radical (unpaired) electrons. The lowest BCUT2D eigenvalue weighted by Crippen LogP contribution is -2.27. The van der Waals surface area contributed by atoms with Crippen LogP contribution in [0.15, 0.2) is 18.2 Å². The van der Waals surface area contributed by atoms with Crippen molar-refractivity contribution in [2.75, 3.05) is 5.32 Å². The maximum absolute atomic E-state index is 8.88. The summed E-state index contributed by atoms with van der Waals surface area (Å²) in [6.07, 6.45) is 3.66. The minimum absolute atomic E-state index is 0.528. The van der Waals surface area contributed by atoms with E-state index in [1.807, 2.05) is 6.07 Å². The van der Waals surface area contributed by atoms with E-state index in [1.165, 1.54) is 19.3 Å². The molecule has 72 valence electrons. The van der Waals surface area contributed by atoms with Crippen LogP contribution in [0.4, 0.5) is 5.69 Å². The van der Waals surface area contributed by atoms with Gasteiger partial charge in [-0.15, -0.1) is 0 Å². The molecule has 1 fully saturated rings. The number of benzene rings is 1. The number of nitrogens with zero attached hydrogens (tertiary/aromatic N) is 1. The van der Waals surface area contributed by atoms with Gasteiger partial charge < -0.3 is 5.32 Å². The average Bonchev–Trinajstić information content (AvgIpc) is 2.12. The first-order valence-electron chi connectivity index (χ1n) is 4.76. The van der Waals surface area contributed by atoms with Crippen LogP contribution in [0, 0.1) is 11.3 Å². The summed E-state index contributed by atoms with van der Waals surface area (Å²) in [4.78, 5) is 0. The fourth-order valence-electron chi connectivity index (χ4n) is 1.51. The Morgan fingerprint density at radius 3 is 2.79 bits per heavy atom. The lowest BCUT2D eigenvalue weighted by Gasteiger charge is -2.27. The third-order valence-electron chi connectivity index (χ3n) is 2.57. The number of nitriles is 1. The minimum atomic E-state index is 0.528. The summed E-state index contributed by atoms with van der Waals surface area (Å²) in [5.41, 5.74) is 1.53. The molecular weight excluding hydrogens is 196 g/mol. The van der Waals surface area contributed by atoms with Gasteiger partial charge in [0.15, 0.2) is 0 Å². The number of hydrogen-bond donors (Lipinski definition) is 1. The van der Waals surface area contributed by atoms with Crippen LogP contribution in [0.1, 0.15) is 24.8 Å². The van der Waals surface area contributed by atoms with E-state index < -0.39 is 0 Å². The van der Waals surface area contributed by atoms with Gasteiger partial charge in [-0.3, -0.25) is 0 Å². The van der Waals surface area contributed by atoms with Gasteiger partial charge in [0.05, 0.1) is 11.3 Å². The Kier molecular flexibility index (Phi) is 2.60. The highest BCUT2D eigenvalue weighted by Crippen LogP contribution is 2.27. The monoisotopic (exact) mass is 206 g/mol. The van der Waals surface area contributed by atoms with Crippen LogP contribution in [-0.4, -0.2) is 6.04 Å². The summed E-state index contributed by atoms with van der Waals surface area (Å²) in [6.45, 7) is 0. The van der Waals surface area contributed by atoms with Gasteiger partial charge in [0.25, 0.3) is 0 Å². The highest BCUT2D eigenvalue weighted by molar-refractivity contribution is 6.30. The molecule has 1 saturated carbocycles. The summed E-state index contributed by atoms with van der Waals surface area (Å²) in [7, 11) is 0. The summed E-state index contributed by atoms with van der Waals surface area (Å²) in [5, 5.41) is 12.9. The topological polar surface area (TPSA) is 35.8 Å². The lowest BCUT2D eigenvalue weighted by molar-refractivity contribution is 0.445. The predicted molar refractivity (Wildman–Crippen MR) is 57.4 cm³/mol. The van der Waals surface area contributed by atoms with Crippen molar-refractivity contribution in [1.29, 1.82) is 5.26 Å². The highest BCUT2D eigenvalue weighted by Gasteiger charge is 2.18. The number of anilines is 1. The van der Waals surface area contributed by atoms with E-state index in [1.54, 1.807) is 12.1 Å². The molecule has 0 saturated heterocycles. The predicted octanol–water partition coefficient (Wildman–Crippen LogP) is 3.18. The molecule has 2 nitrogen and oxygen atoms in total. The largest absolute Gasteiger partial charge is 0.381 e. The van der Waals surface area contributed by atoms with Crippen LogP contribution in [-0.2, 0) is 0 Å². The van der Waals surface area contributed by atoms with Crippen LogP contribution >= 0.6 is 11.6 Å². The Labute approximate surface area is 88.5 Å². The molecule has 0 aromatic heterocycles. The molecule has 3 heteroatoms. The second-order valence-electron chi connectivity index (χ2n) is 3.57. The molecule has 1 aliphatic rings. The first-order chi connectivity index (χ1) is 6.79. The molecule has 0 bridgehead atoms. The summed E-state index contributed by atoms with van der Waals surface area (Å²) in [5.74, 6) is 0. The van der Waals surface area contributed by atoms with Crippen molar-refractivity contribution >= 4 is 17.3 Å². The van der Waals surface area contributed by atoms with Gasteiger partial charge in [-0.05, 0) is 37.5 Å². The van der Waals surface area contributed by atoms with Crippen LogP contribution in [0.3, 0.4) is 0 Å². The van der Waals surface area contributed by atoms with Gasteiger partial charge in [0.1, 0.15) is 6.07 Å². The Balaban J connectivity index is 2.21. The Hall–Kier alpha value is -1.20. The van der Waals surface area contributed by atoms with Gasteiger partial charge >= 0.3 is 0 Å². The molecule has 1 N–H and O–H groups in total. The van der Waals surface area contributed by atoms with Gasteiger partial charge in [-0.1, -0.05) is 11.6 Å². The molecule has 1 aliphatic carbocycles. The zero-order valence-electron chi connectivity index (χ0n) is 7.76. The van der Waals surface area contributed by atoms with E-state index in [9.17, 15) is 0 Å². The van der Waals surface area contributed by atoms with Crippen molar-refractivity contribution in [2.45, 2.75) is 25.3 Å². The smallest absolute Gasteiger partial charge is 0.101 e. The number of nitrogens with one attached hydrogen (secondary N) is 1. The molecule has 1 aromatic rings. The van der Waals surface area contributed by atoms with E-state index in [0.29, 0.717) is 16.6 Å². The van der Waals surface area contributed by atoms with Crippen LogP contribution in [0.25, 0.3) is 0 Å². The van der Waals surface area contributed by atoms with Crippen molar-refractivity contribution in [3.63, 3.8) is 0 Å². The van der Waals surface area contributed by atoms with Crippen molar-refractivity contribution in [1.82, 2.24) is 0 Å². The molecule has 0 aliphatic heterocycles. The molecule has 0 heterocycles. The first-order valence-corrected chi connectivity index (χ1v) is 5.13. The van der Waals surface area contributed by atoms with Crippen LogP contribution < -0.4 is 5.32 Å². The zero-order valence-corrected chi connectivity index (χ0v) is 8.51. The fraction of sp³-hybridized carbons (Fsp3) is 0.364. The Bertz CT molecular complexity index is 377. The van der Waals surface area contributed by atoms with Crippen LogP contribution in [0.2, 0.25) is 5.02 Å². The first kappa shape index (κ1) is 9.36. The normalized spacial score (nSPS) is 15.7. The molecule has 0 unspecified atom stereocenters. The highest BCUT2D eigenvalue weighted by atomic mass is 35.5. The van der Waals surface area contributed by atoms with E-state index >= 15 is 0 Å². The fourth-order valence-corrected chi connectivity index (χ4v) is 1.68. The van der Waals surface area contributed by atoms with E-state index in [4.69, 9.17) is 16.9 Å². The zero-order chi connectivity index (χ0) is 9.97. The van der Waals surface area contributed by atoms with Crippen molar-refractivity contribution < 1.29 is 0 Å². The molecule has 2 rings (SSSR count). The number of halogens is 1. The molecule has 0 spiro atoms. The second-order valence-corrected chi connectivity index (χ2v) is 4.01. The maximum Gasteiger partial charge on any atom is 0.101 e. The van der Waals surface area contributed by atoms with E-state index in [0.717, 1.165) is 5.69 Å². The van der Waals surface area contributed by atoms with E-state index in [-0.39, 0.29) is 0 Å². The van der Waals surface area contributed by atoms with Gasteiger partial charge in [0, 0.05) is 11.1 Å². The van der Waals surface area contributed by atoms with Gasteiger partial charge in [-0.2, -0.15) is 5.26 Å². The number of hydrogen-bond acceptors (Lipinski definition) is 2. The van der Waals surface area contributed by atoms with Gasteiger partial charge in [-0.25, -0.2) is 0 Å². The average molecular weight is 207 g/mol.